The average molecular weight is 355 g/mol. The monoisotopic (exact) mass is 354 g/mol. The van der Waals surface area contributed by atoms with Gasteiger partial charge in [-0.1, -0.05) is 31.9 Å². The molecular formula is C18H30N2O3S. The van der Waals surface area contributed by atoms with Crippen molar-refractivity contribution in [2.24, 2.45) is 0 Å². The molecule has 0 atom stereocenters. The van der Waals surface area contributed by atoms with Gasteiger partial charge in [-0.15, -0.1) is 0 Å². The fourth-order valence-corrected chi connectivity index (χ4v) is 3.52. The number of aryl methyl sites for hydroxylation is 1. The summed E-state index contributed by atoms with van der Waals surface area (Å²) in [7, 11) is -3.28. The Hall–Kier alpha value is -1.40. The second-order valence-corrected chi connectivity index (χ2v) is 8.08. The highest BCUT2D eigenvalue weighted by Crippen LogP contribution is 2.17. The third-order valence-electron chi connectivity index (χ3n) is 3.99. The number of benzene rings is 1. The van der Waals surface area contributed by atoms with Crippen LogP contribution in [0.15, 0.2) is 24.3 Å². The Labute approximate surface area is 146 Å². The number of anilines is 1. The second kappa shape index (κ2) is 9.79. The smallest absolute Gasteiger partial charge is 0.228 e. The zero-order chi connectivity index (χ0) is 18.2. The van der Waals surface area contributed by atoms with Crippen LogP contribution in [-0.2, 0) is 14.8 Å². The molecule has 1 aromatic carbocycles. The van der Waals surface area contributed by atoms with Gasteiger partial charge >= 0.3 is 0 Å². The van der Waals surface area contributed by atoms with Gasteiger partial charge in [0.2, 0.25) is 15.9 Å². The summed E-state index contributed by atoms with van der Waals surface area (Å²) in [6.45, 7) is 7.28. The Balaban J connectivity index is 2.72. The number of hydrogen-bond donors (Lipinski definition) is 0. The summed E-state index contributed by atoms with van der Waals surface area (Å²) in [6.07, 6.45) is 4.26. The van der Waals surface area contributed by atoms with Crippen molar-refractivity contribution in [2.75, 3.05) is 30.8 Å². The highest BCUT2D eigenvalue weighted by atomic mass is 32.2. The normalized spacial score (nSPS) is 11.7. The molecule has 136 valence electrons. The summed E-state index contributed by atoms with van der Waals surface area (Å²) >= 11 is 0. The number of carbonyl (C=O) groups is 1. The molecule has 0 radical (unpaired) electrons. The first kappa shape index (κ1) is 20.6. The highest BCUT2D eigenvalue weighted by molar-refractivity contribution is 7.88. The Kier molecular flexibility index (Phi) is 8.42. The quantitative estimate of drug-likeness (QED) is 0.606. The number of amides is 1. The highest BCUT2D eigenvalue weighted by Gasteiger charge is 2.20. The molecule has 0 aliphatic carbocycles. The third-order valence-corrected chi connectivity index (χ3v) is 5.29. The minimum atomic E-state index is -3.28. The molecule has 5 nitrogen and oxygen atoms in total. The number of rotatable bonds is 10. The van der Waals surface area contributed by atoms with Crippen molar-refractivity contribution >= 4 is 21.6 Å². The van der Waals surface area contributed by atoms with Crippen molar-refractivity contribution in [3.8, 4) is 0 Å². The lowest BCUT2D eigenvalue weighted by atomic mass is 10.2. The van der Waals surface area contributed by atoms with E-state index in [-0.39, 0.29) is 18.9 Å². The van der Waals surface area contributed by atoms with Crippen LogP contribution in [0.2, 0.25) is 0 Å². The van der Waals surface area contributed by atoms with Gasteiger partial charge in [0.25, 0.3) is 0 Å². The summed E-state index contributed by atoms with van der Waals surface area (Å²) in [5.41, 5.74) is 1.95. The van der Waals surface area contributed by atoms with E-state index < -0.39 is 10.0 Å². The van der Waals surface area contributed by atoms with Crippen LogP contribution >= 0.6 is 0 Å². The molecule has 0 spiro atoms. The Morgan fingerprint density at radius 3 is 2.38 bits per heavy atom. The minimum Gasteiger partial charge on any atom is -0.313 e. The van der Waals surface area contributed by atoms with Crippen LogP contribution in [0, 0.1) is 6.92 Å². The molecular weight excluding hydrogens is 324 g/mol. The summed E-state index contributed by atoms with van der Waals surface area (Å²) in [5.74, 6) is -0.0489. The van der Waals surface area contributed by atoms with Crippen molar-refractivity contribution < 1.29 is 13.2 Å². The van der Waals surface area contributed by atoms with E-state index in [1.54, 1.807) is 4.90 Å². The first-order valence-electron chi connectivity index (χ1n) is 8.61. The van der Waals surface area contributed by atoms with Gasteiger partial charge in [-0.2, -0.15) is 0 Å². The summed E-state index contributed by atoms with van der Waals surface area (Å²) < 4.78 is 25.2. The first-order chi connectivity index (χ1) is 11.3. The predicted octanol–water partition coefficient (Wildman–Crippen LogP) is 3.19. The molecule has 0 N–H and O–H groups in total. The molecule has 0 heterocycles. The van der Waals surface area contributed by atoms with E-state index in [1.165, 1.54) is 10.6 Å². The topological polar surface area (TPSA) is 57.7 Å². The van der Waals surface area contributed by atoms with Crippen LogP contribution < -0.4 is 4.90 Å². The van der Waals surface area contributed by atoms with Gasteiger partial charge in [0.15, 0.2) is 0 Å². The number of hydrogen-bond acceptors (Lipinski definition) is 3. The molecule has 0 fully saturated rings. The lowest BCUT2D eigenvalue weighted by Gasteiger charge is -2.24. The largest absolute Gasteiger partial charge is 0.313 e. The molecule has 24 heavy (non-hydrogen) atoms. The Bertz CT molecular complexity index is 629. The fraction of sp³-hybridized carbons (Fsp3) is 0.611. The van der Waals surface area contributed by atoms with Gasteiger partial charge in [-0.05, 0) is 38.0 Å². The van der Waals surface area contributed by atoms with E-state index in [2.05, 4.69) is 6.92 Å². The van der Waals surface area contributed by atoms with Gasteiger partial charge in [0.05, 0.1) is 6.26 Å². The van der Waals surface area contributed by atoms with E-state index in [4.69, 9.17) is 0 Å². The maximum absolute atomic E-state index is 12.6. The van der Waals surface area contributed by atoms with Gasteiger partial charge in [-0.25, -0.2) is 12.7 Å². The van der Waals surface area contributed by atoms with Crippen LogP contribution in [0.5, 0.6) is 0 Å². The molecule has 6 heteroatoms. The predicted molar refractivity (Wildman–Crippen MR) is 99.8 cm³/mol. The summed E-state index contributed by atoms with van der Waals surface area (Å²) in [5, 5.41) is 0. The molecule has 1 amide bonds. The molecule has 0 unspecified atom stereocenters. The van der Waals surface area contributed by atoms with E-state index in [0.29, 0.717) is 13.1 Å². The lowest BCUT2D eigenvalue weighted by molar-refractivity contribution is -0.118. The van der Waals surface area contributed by atoms with Crippen LogP contribution in [0.4, 0.5) is 5.69 Å². The van der Waals surface area contributed by atoms with Gasteiger partial charge < -0.3 is 4.90 Å². The van der Waals surface area contributed by atoms with Crippen LogP contribution in [0.3, 0.4) is 0 Å². The van der Waals surface area contributed by atoms with E-state index in [9.17, 15) is 13.2 Å². The minimum absolute atomic E-state index is 0.0489. The van der Waals surface area contributed by atoms with Crippen molar-refractivity contribution in [1.29, 1.82) is 0 Å². The molecule has 0 saturated carbocycles. The standard InChI is InChI=1S/C18H30N2O3S/c1-5-7-8-13-19(24(4,22)23)14-12-18(21)20(6-2)17-11-9-10-16(3)15-17/h9-11,15H,5-8,12-14H2,1-4H3. The van der Waals surface area contributed by atoms with Gasteiger partial charge in [0.1, 0.15) is 0 Å². The van der Waals surface area contributed by atoms with Crippen LogP contribution in [0.25, 0.3) is 0 Å². The first-order valence-corrected chi connectivity index (χ1v) is 10.5. The van der Waals surface area contributed by atoms with Crippen LogP contribution in [-0.4, -0.2) is 44.5 Å². The number of carbonyl (C=O) groups excluding carboxylic acids is 1. The van der Waals surface area contributed by atoms with E-state index in [1.807, 2.05) is 38.1 Å². The Morgan fingerprint density at radius 1 is 1.12 bits per heavy atom. The molecule has 0 bridgehead atoms. The zero-order valence-electron chi connectivity index (χ0n) is 15.3. The second-order valence-electron chi connectivity index (χ2n) is 6.10. The van der Waals surface area contributed by atoms with E-state index in [0.717, 1.165) is 30.5 Å². The number of unbranched alkanes of at least 4 members (excludes halogenated alkanes) is 2. The average Bonchev–Trinajstić information content (AvgIpc) is 2.50. The molecule has 0 saturated heterocycles. The molecule has 0 aromatic heterocycles. The van der Waals surface area contributed by atoms with E-state index >= 15 is 0 Å². The molecule has 1 aromatic rings. The van der Waals surface area contributed by atoms with Gasteiger partial charge in [-0.3, -0.25) is 4.79 Å². The summed E-state index contributed by atoms with van der Waals surface area (Å²) in [4.78, 5) is 14.3. The maximum Gasteiger partial charge on any atom is 0.228 e. The molecule has 0 aliphatic rings. The van der Waals surface area contributed by atoms with Gasteiger partial charge in [0, 0.05) is 31.7 Å². The zero-order valence-corrected chi connectivity index (χ0v) is 16.1. The number of nitrogens with zero attached hydrogens (tertiary/aromatic N) is 2. The Morgan fingerprint density at radius 2 is 1.83 bits per heavy atom. The van der Waals surface area contributed by atoms with Crippen LogP contribution in [0.1, 0.15) is 45.1 Å². The molecule has 0 aliphatic heterocycles. The van der Waals surface area contributed by atoms with Crippen molar-refractivity contribution in [3.05, 3.63) is 29.8 Å². The fourth-order valence-electron chi connectivity index (χ4n) is 2.64. The SMILES string of the molecule is CCCCCN(CCC(=O)N(CC)c1cccc(C)c1)S(C)(=O)=O. The van der Waals surface area contributed by atoms with Crippen molar-refractivity contribution in [2.45, 2.75) is 46.5 Å². The summed E-state index contributed by atoms with van der Waals surface area (Å²) in [6, 6.07) is 7.79. The maximum atomic E-state index is 12.6. The van der Waals surface area contributed by atoms with Crippen molar-refractivity contribution in [1.82, 2.24) is 4.31 Å². The third kappa shape index (κ3) is 6.61. The lowest BCUT2D eigenvalue weighted by Crippen LogP contribution is -2.37. The molecule has 1 rings (SSSR count). The number of sulfonamides is 1. The van der Waals surface area contributed by atoms with Crippen molar-refractivity contribution in [3.63, 3.8) is 0 Å².